The molecule has 33 heavy (non-hydrogen) atoms. The van der Waals surface area contributed by atoms with E-state index in [4.69, 9.17) is 15.3 Å². The molecule has 0 amide bonds. The van der Waals surface area contributed by atoms with Crippen LogP contribution in [0.3, 0.4) is 0 Å². The van der Waals surface area contributed by atoms with Crippen molar-refractivity contribution in [2.45, 2.75) is 24.8 Å². The van der Waals surface area contributed by atoms with Gasteiger partial charge in [0.15, 0.2) is 0 Å². The van der Waals surface area contributed by atoms with Crippen molar-refractivity contribution in [3.05, 3.63) is 93.8 Å². The van der Waals surface area contributed by atoms with Gasteiger partial charge in [-0.2, -0.15) is 31.4 Å². The van der Waals surface area contributed by atoms with Gasteiger partial charge >= 0.3 is 12.4 Å². The van der Waals surface area contributed by atoms with Crippen molar-refractivity contribution < 1.29 is 36.6 Å². The van der Waals surface area contributed by atoms with E-state index in [9.17, 15) is 26.3 Å². The lowest BCUT2D eigenvalue weighted by Crippen LogP contribution is -2.12. The summed E-state index contributed by atoms with van der Waals surface area (Å²) in [6.07, 6.45) is -1.89. The van der Waals surface area contributed by atoms with Gasteiger partial charge in [0.2, 0.25) is 0 Å². The first-order chi connectivity index (χ1) is 15.4. The predicted molar refractivity (Wildman–Crippen MR) is 101 cm³/mol. The van der Waals surface area contributed by atoms with E-state index in [1.807, 2.05) is 0 Å². The van der Waals surface area contributed by atoms with Crippen LogP contribution in [0, 0.1) is 10.1 Å². The minimum Gasteiger partial charge on any atom is -0.328 e. The topological polar surface area (TPSA) is 107 Å². The molecule has 176 valence electrons. The molecule has 3 rings (SSSR count). The van der Waals surface area contributed by atoms with Gasteiger partial charge < -0.3 is 5.21 Å². The molecule has 2 heterocycles. The Kier molecular flexibility index (Phi) is 8.10. The van der Waals surface area contributed by atoms with Gasteiger partial charge in [0.05, 0.1) is 17.2 Å². The first kappa shape index (κ1) is 25.3. The molecule has 1 N–H and O–H groups in total. The van der Waals surface area contributed by atoms with E-state index in [0.717, 1.165) is 24.4 Å². The average Bonchev–Trinajstić information content (AvgIpc) is 3.25. The highest BCUT2D eigenvalue weighted by molar-refractivity contribution is 5.50. The van der Waals surface area contributed by atoms with Gasteiger partial charge in [-0.05, 0) is 29.8 Å². The molecule has 3 aromatic rings. The monoisotopic (exact) mass is 475 g/mol. The number of pyridine rings is 1. The second kappa shape index (κ2) is 10.6. The molecular weight excluding hydrogens is 460 g/mol. The summed E-state index contributed by atoms with van der Waals surface area (Å²) in [4.78, 5) is 16.1. The second-order valence-corrected chi connectivity index (χ2v) is 6.40. The van der Waals surface area contributed by atoms with Crippen molar-refractivity contribution in [1.82, 2.24) is 19.7 Å². The Morgan fingerprint density at radius 1 is 1.03 bits per heavy atom. The molecule has 14 heteroatoms. The molecule has 0 radical (unpaired) electrons. The molecule has 0 aliphatic heterocycles. The van der Waals surface area contributed by atoms with Gasteiger partial charge in [0.1, 0.15) is 12.7 Å². The summed E-state index contributed by atoms with van der Waals surface area (Å²) in [5, 5.41) is 17.7. The summed E-state index contributed by atoms with van der Waals surface area (Å²) in [6.45, 7) is 0. The van der Waals surface area contributed by atoms with Crippen LogP contribution in [0.25, 0.3) is 6.08 Å². The van der Waals surface area contributed by atoms with Crippen LogP contribution < -0.4 is 0 Å². The van der Waals surface area contributed by atoms with Crippen molar-refractivity contribution in [2.24, 2.45) is 0 Å². The number of hydrogen-bond acceptors (Lipinski definition) is 5. The highest BCUT2D eigenvalue weighted by Crippen LogP contribution is 2.30. The lowest BCUT2D eigenvalue weighted by atomic mass is 10.1. The third-order valence-electron chi connectivity index (χ3n) is 4.10. The molecule has 1 atom stereocenters. The highest BCUT2D eigenvalue weighted by atomic mass is 19.4. The van der Waals surface area contributed by atoms with E-state index in [0.29, 0.717) is 11.3 Å². The maximum Gasteiger partial charge on any atom is 0.417 e. The first-order valence-electron chi connectivity index (χ1n) is 8.91. The van der Waals surface area contributed by atoms with Crippen LogP contribution in [0.1, 0.15) is 28.4 Å². The molecule has 8 nitrogen and oxygen atoms in total. The quantitative estimate of drug-likeness (QED) is 0.321. The number of rotatable bonds is 5. The van der Waals surface area contributed by atoms with E-state index < -0.39 is 34.6 Å². The van der Waals surface area contributed by atoms with Crippen LogP contribution in [0.4, 0.5) is 26.3 Å². The molecular formula is C19H15F6N5O3. The van der Waals surface area contributed by atoms with Gasteiger partial charge in [-0.15, -0.1) is 10.1 Å². The highest BCUT2D eigenvalue weighted by Gasteiger charge is 2.31. The number of benzene rings is 1. The second-order valence-electron chi connectivity index (χ2n) is 6.40. The first-order valence-corrected chi connectivity index (χ1v) is 8.91. The normalized spacial score (nSPS) is 12.8. The number of halogens is 6. The number of allylic oxidation sites excluding steroid dienone is 1. The number of nitrogens with zero attached hydrogens (tertiary/aromatic N) is 5. The molecule has 0 aliphatic carbocycles. The summed E-state index contributed by atoms with van der Waals surface area (Å²) >= 11 is 0. The Labute approximate surface area is 181 Å². The lowest BCUT2D eigenvalue weighted by molar-refractivity contribution is -0.742. The van der Waals surface area contributed by atoms with Crippen molar-refractivity contribution >= 4 is 6.08 Å². The molecule has 0 saturated carbocycles. The standard InChI is InChI=1S/C19H14F6N4.HNO3/c20-18(21,22)14-4-1-13(2-5-14)3-8-17(29-12-26-11-28-29)9-16-7-6-15(10-27-16)19(23,24)25;2-1(3)4/h1-8,10-12,17H,9H2;(H,2,3,4). The van der Waals surface area contributed by atoms with Crippen LogP contribution in [0.15, 0.2) is 61.3 Å². The SMILES string of the molecule is FC(F)(F)c1ccc(C=CC(Cc2ccc(C(F)(F)F)cn2)n2cncn2)cc1.O=[N+]([O-])O. The Balaban J connectivity index is 0.000000890. The van der Waals surface area contributed by atoms with Gasteiger partial charge in [-0.1, -0.05) is 24.3 Å². The maximum atomic E-state index is 12.7. The van der Waals surface area contributed by atoms with E-state index in [1.54, 1.807) is 12.2 Å². The fourth-order valence-corrected chi connectivity index (χ4v) is 2.57. The van der Waals surface area contributed by atoms with Crippen molar-refractivity contribution in [3.8, 4) is 0 Å². The fourth-order valence-electron chi connectivity index (χ4n) is 2.57. The van der Waals surface area contributed by atoms with Crippen molar-refractivity contribution in [2.75, 3.05) is 0 Å². The third-order valence-corrected chi connectivity index (χ3v) is 4.10. The van der Waals surface area contributed by atoms with E-state index in [1.165, 1.54) is 35.5 Å². The molecule has 0 saturated heterocycles. The number of alkyl halides is 6. The predicted octanol–water partition coefficient (Wildman–Crippen LogP) is 4.86. The summed E-state index contributed by atoms with van der Waals surface area (Å²) in [5.41, 5.74) is -0.672. The molecule has 1 aromatic carbocycles. The zero-order valence-corrected chi connectivity index (χ0v) is 16.4. The number of hydrogen-bond donors (Lipinski definition) is 1. The van der Waals surface area contributed by atoms with Gasteiger partial charge in [0.25, 0.3) is 5.09 Å². The summed E-state index contributed by atoms with van der Waals surface area (Å²) in [6, 6.07) is 6.38. The van der Waals surface area contributed by atoms with Crippen LogP contribution in [-0.4, -0.2) is 30.0 Å². The van der Waals surface area contributed by atoms with E-state index in [-0.39, 0.29) is 6.42 Å². The minimum absolute atomic E-state index is 0.221. The molecule has 1 unspecified atom stereocenters. The summed E-state index contributed by atoms with van der Waals surface area (Å²) < 4.78 is 77.5. The lowest BCUT2D eigenvalue weighted by Gasteiger charge is -2.13. The Bertz CT molecular complexity index is 1050. The maximum absolute atomic E-state index is 12.7. The molecule has 0 aliphatic rings. The van der Waals surface area contributed by atoms with Crippen molar-refractivity contribution in [3.63, 3.8) is 0 Å². The van der Waals surface area contributed by atoms with Crippen LogP contribution >= 0.6 is 0 Å². The molecule has 0 spiro atoms. The molecule has 2 aromatic heterocycles. The van der Waals surface area contributed by atoms with Crippen LogP contribution in [0.2, 0.25) is 0 Å². The Hall–Kier alpha value is -3.97. The van der Waals surface area contributed by atoms with E-state index >= 15 is 0 Å². The Morgan fingerprint density at radius 3 is 2.06 bits per heavy atom. The average molecular weight is 475 g/mol. The smallest absolute Gasteiger partial charge is 0.328 e. The zero-order chi connectivity index (χ0) is 24.6. The minimum atomic E-state index is -4.47. The van der Waals surface area contributed by atoms with Gasteiger partial charge in [-0.25, -0.2) is 9.67 Å². The Morgan fingerprint density at radius 2 is 1.61 bits per heavy atom. The summed E-state index contributed by atoms with van der Waals surface area (Å²) in [7, 11) is 0. The van der Waals surface area contributed by atoms with Crippen LogP contribution in [-0.2, 0) is 18.8 Å². The van der Waals surface area contributed by atoms with Gasteiger partial charge in [0, 0.05) is 18.3 Å². The summed E-state index contributed by atoms with van der Waals surface area (Å²) in [5.74, 6) is 0. The third kappa shape index (κ3) is 8.23. The molecule has 0 fully saturated rings. The molecule has 0 bridgehead atoms. The van der Waals surface area contributed by atoms with Gasteiger partial charge in [-0.3, -0.25) is 4.98 Å². The fraction of sp³-hybridized carbons (Fsp3) is 0.211. The largest absolute Gasteiger partial charge is 0.417 e. The zero-order valence-electron chi connectivity index (χ0n) is 16.4. The number of aromatic nitrogens is 4. The van der Waals surface area contributed by atoms with E-state index in [2.05, 4.69) is 15.1 Å². The van der Waals surface area contributed by atoms with Crippen molar-refractivity contribution in [1.29, 1.82) is 0 Å². The van der Waals surface area contributed by atoms with Crippen LogP contribution in [0.5, 0.6) is 0 Å².